The zero-order valence-corrected chi connectivity index (χ0v) is 14.7. The molecule has 0 unspecified atom stereocenters. The summed E-state index contributed by atoms with van der Waals surface area (Å²) in [6.07, 6.45) is 2.17. The Morgan fingerprint density at radius 2 is 1.92 bits per heavy atom. The van der Waals surface area contributed by atoms with E-state index in [1.54, 1.807) is 0 Å². The second kappa shape index (κ2) is 6.89. The summed E-state index contributed by atoms with van der Waals surface area (Å²) in [4.78, 5) is 17.0. The molecule has 1 atom stereocenters. The zero-order chi connectivity index (χ0) is 17.2. The third-order valence-corrected chi connectivity index (χ3v) is 5.40. The molecule has 4 nitrogen and oxygen atoms in total. The van der Waals surface area contributed by atoms with Crippen molar-refractivity contribution in [2.45, 2.75) is 32.4 Å². The third kappa shape index (κ3) is 3.54. The number of urea groups is 1. The molecule has 2 aromatic carbocycles. The van der Waals surface area contributed by atoms with Gasteiger partial charge in [0.2, 0.25) is 0 Å². The Balaban J connectivity index is 1.36. The van der Waals surface area contributed by atoms with E-state index in [9.17, 15) is 4.79 Å². The van der Waals surface area contributed by atoms with Crippen LogP contribution in [-0.2, 0) is 13.0 Å². The number of rotatable bonds is 2. The highest BCUT2D eigenvalue weighted by atomic mass is 16.2. The van der Waals surface area contributed by atoms with Gasteiger partial charge in [0.25, 0.3) is 0 Å². The van der Waals surface area contributed by atoms with Crippen molar-refractivity contribution in [3.63, 3.8) is 0 Å². The number of carbonyl (C=O) groups is 1. The fraction of sp³-hybridized carbons (Fsp3) is 0.381. The van der Waals surface area contributed by atoms with Crippen molar-refractivity contribution in [3.05, 3.63) is 65.2 Å². The summed E-state index contributed by atoms with van der Waals surface area (Å²) in [5.74, 6) is 0. The molecule has 4 rings (SSSR count). The highest BCUT2D eigenvalue weighted by Crippen LogP contribution is 2.25. The number of amides is 2. The van der Waals surface area contributed by atoms with Gasteiger partial charge in [0.15, 0.2) is 0 Å². The second-order valence-electron chi connectivity index (χ2n) is 7.18. The number of anilines is 1. The Labute approximate surface area is 149 Å². The van der Waals surface area contributed by atoms with Crippen LogP contribution in [0.2, 0.25) is 0 Å². The first-order chi connectivity index (χ1) is 12.2. The summed E-state index contributed by atoms with van der Waals surface area (Å²) >= 11 is 0. The molecule has 1 saturated heterocycles. The Morgan fingerprint density at radius 3 is 2.76 bits per heavy atom. The second-order valence-corrected chi connectivity index (χ2v) is 7.18. The van der Waals surface area contributed by atoms with Gasteiger partial charge in [-0.25, -0.2) is 4.79 Å². The van der Waals surface area contributed by atoms with Gasteiger partial charge < -0.3 is 10.2 Å². The average molecular weight is 335 g/mol. The van der Waals surface area contributed by atoms with Gasteiger partial charge in [-0.1, -0.05) is 36.4 Å². The van der Waals surface area contributed by atoms with Crippen LogP contribution in [0.5, 0.6) is 0 Å². The largest absolute Gasteiger partial charge is 0.323 e. The van der Waals surface area contributed by atoms with Crippen LogP contribution in [0.4, 0.5) is 10.5 Å². The summed E-state index contributed by atoms with van der Waals surface area (Å²) in [6.45, 7) is 5.79. The van der Waals surface area contributed by atoms with E-state index in [2.05, 4.69) is 34.5 Å². The highest BCUT2D eigenvalue weighted by Gasteiger charge is 2.32. The Bertz CT molecular complexity index is 773. The Morgan fingerprint density at radius 1 is 1.08 bits per heavy atom. The lowest BCUT2D eigenvalue weighted by Gasteiger charge is -2.33. The van der Waals surface area contributed by atoms with E-state index in [-0.39, 0.29) is 6.03 Å². The molecule has 2 aliphatic rings. The molecular formula is C21H25N3O. The Kier molecular flexibility index (Phi) is 4.45. The fourth-order valence-corrected chi connectivity index (χ4v) is 3.98. The maximum atomic E-state index is 12.5. The number of hydrogen-bond acceptors (Lipinski definition) is 2. The molecule has 2 aliphatic heterocycles. The van der Waals surface area contributed by atoms with Gasteiger partial charge in [-0.2, -0.15) is 0 Å². The van der Waals surface area contributed by atoms with Gasteiger partial charge in [-0.3, -0.25) is 4.90 Å². The number of nitrogens with one attached hydrogen (secondary N) is 1. The molecule has 2 heterocycles. The number of benzene rings is 2. The molecule has 1 fully saturated rings. The highest BCUT2D eigenvalue weighted by molar-refractivity contribution is 5.89. The van der Waals surface area contributed by atoms with Crippen LogP contribution in [0.25, 0.3) is 0 Å². The quantitative estimate of drug-likeness (QED) is 0.909. The normalized spacial score (nSPS) is 20.4. The van der Waals surface area contributed by atoms with Crippen LogP contribution in [0, 0.1) is 6.92 Å². The van der Waals surface area contributed by atoms with Crippen molar-refractivity contribution in [1.29, 1.82) is 0 Å². The molecule has 0 spiro atoms. The molecule has 0 radical (unpaired) electrons. The van der Waals surface area contributed by atoms with Crippen LogP contribution in [0.1, 0.15) is 23.1 Å². The third-order valence-electron chi connectivity index (χ3n) is 5.40. The summed E-state index contributed by atoms with van der Waals surface area (Å²) < 4.78 is 0. The number of nitrogens with zero attached hydrogens (tertiary/aromatic N) is 2. The van der Waals surface area contributed by atoms with Gasteiger partial charge in [0.05, 0.1) is 0 Å². The lowest BCUT2D eigenvalue weighted by Crippen LogP contribution is -2.42. The van der Waals surface area contributed by atoms with Gasteiger partial charge in [0.1, 0.15) is 0 Å². The minimum absolute atomic E-state index is 0.0190. The van der Waals surface area contributed by atoms with Crippen molar-refractivity contribution >= 4 is 11.7 Å². The number of hydrogen-bond donors (Lipinski definition) is 1. The molecule has 0 saturated carbocycles. The van der Waals surface area contributed by atoms with Crippen LogP contribution in [-0.4, -0.2) is 41.5 Å². The van der Waals surface area contributed by atoms with Crippen LogP contribution >= 0.6 is 0 Å². The first-order valence-corrected chi connectivity index (χ1v) is 9.12. The first kappa shape index (κ1) is 16.2. The van der Waals surface area contributed by atoms with Gasteiger partial charge in [0, 0.05) is 37.9 Å². The summed E-state index contributed by atoms with van der Waals surface area (Å²) in [7, 11) is 0. The van der Waals surface area contributed by atoms with Crippen LogP contribution in [0.3, 0.4) is 0 Å². The van der Waals surface area contributed by atoms with Crippen LogP contribution in [0.15, 0.2) is 48.5 Å². The Hall–Kier alpha value is -2.33. The average Bonchev–Trinajstić information content (AvgIpc) is 3.12. The van der Waals surface area contributed by atoms with E-state index in [4.69, 9.17) is 0 Å². The van der Waals surface area contributed by atoms with Gasteiger partial charge in [-0.05, 0) is 48.6 Å². The molecule has 2 amide bonds. The lowest BCUT2D eigenvalue weighted by atomic mass is 9.98. The van der Waals surface area contributed by atoms with Crippen molar-refractivity contribution in [2.75, 3.05) is 25.0 Å². The number of aryl methyl sites for hydroxylation is 1. The number of carbonyl (C=O) groups excluding carboxylic acids is 1. The standard InChI is InChI=1S/C21H25N3O/c1-16-5-4-8-19(13-16)22-21(25)24-12-10-20(15-24)23-11-9-17-6-2-3-7-18(17)14-23/h2-8,13,20H,9-12,14-15H2,1H3,(H,22,25)/t20-/m1/s1. The van der Waals surface area contributed by atoms with Crippen molar-refractivity contribution in [1.82, 2.24) is 9.80 Å². The van der Waals surface area contributed by atoms with Crippen molar-refractivity contribution in [3.8, 4) is 0 Å². The molecule has 2 aromatic rings. The predicted molar refractivity (Wildman–Crippen MR) is 101 cm³/mol. The molecule has 4 heteroatoms. The summed E-state index contributed by atoms with van der Waals surface area (Å²) in [5.41, 5.74) is 4.95. The minimum atomic E-state index is 0.0190. The lowest BCUT2D eigenvalue weighted by molar-refractivity contribution is 0.177. The molecule has 130 valence electrons. The number of fused-ring (bicyclic) bond motifs is 1. The maximum Gasteiger partial charge on any atom is 0.321 e. The van der Waals surface area contributed by atoms with E-state index in [0.29, 0.717) is 6.04 Å². The van der Waals surface area contributed by atoms with E-state index < -0.39 is 0 Å². The molecule has 1 N–H and O–H groups in total. The van der Waals surface area contributed by atoms with Gasteiger partial charge >= 0.3 is 6.03 Å². The SMILES string of the molecule is Cc1cccc(NC(=O)N2CC[C@@H](N3CCc4ccccc4C3)C2)c1. The van der Waals surface area contributed by atoms with E-state index in [1.807, 2.05) is 36.1 Å². The van der Waals surface area contributed by atoms with E-state index in [0.717, 1.165) is 50.3 Å². The topological polar surface area (TPSA) is 35.6 Å². The molecule has 0 aliphatic carbocycles. The molecule has 0 bridgehead atoms. The summed E-state index contributed by atoms with van der Waals surface area (Å²) in [5, 5.41) is 3.03. The van der Waals surface area contributed by atoms with Crippen molar-refractivity contribution in [2.24, 2.45) is 0 Å². The van der Waals surface area contributed by atoms with E-state index >= 15 is 0 Å². The number of likely N-dealkylation sites (tertiary alicyclic amines) is 1. The molecular weight excluding hydrogens is 310 g/mol. The predicted octanol–water partition coefficient (Wildman–Crippen LogP) is 3.66. The van der Waals surface area contributed by atoms with Crippen LogP contribution < -0.4 is 5.32 Å². The molecule has 0 aromatic heterocycles. The van der Waals surface area contributed by atoms with E-state index in [1.165, 1.54) is 11.1 Å². The summed E-state index contributed by atoms with van der Waals surface area (Å²) in [6, 6.07) is 17.2. The monoisotopic (exact) mass is 335 g/mol. The maximum absolute atomic E-state index is 12.5. The first-order valence-electron chi connectivity index (χ1n) is 9.12. The zero-order valence-electron chi connectivity index (χ0n) is 14.7. The molecule has 25 heavy (non-hydrogen) atoms. The smallest absolute Gasteiger partial charge is 0.321 e. The minimum Gasteiger partial charge on any atom is -0.323 e. The van der Waals surface area contributed by atoms with Crippen molar-refractivity contribution < 1.29 is 4.79 Å². The fourth-order valence-electron chi connectivity index (χ4n) is 3.98. The van der Waals surface area contributed by atoms with Gasteiger partial charge in [-0.15, -0.1) is 0 Å².